The number of unbranched alkanes of at least 4 members (excludes halogenated alkanes) is 1. The first kappa shape index (κ1) is 37.0. The molecule has 0 rings (SSSR count). The molecule has 0 aromatic carbocycles. The molecular formula is C22H44N3O13P. The number of nitrogens with one attached hydrogen (secondary N) is 3. The molecule has 3 amide bonds. The molecule has 0 aromatic rings. The highest BCUT2D eigenvalue weighted by atomic mass is 31.2. The van der Waals surface area contributed by atoms with Gasteiger partial charge in [-0.2, -0.15) is 0 Å². The van der Waals surface area contributed by atoms with Gasteiger partial charge in [0.05, 0.1) is 46.2 Å². The van der Waals surface area contributed by atoms with Crippen LogP contribution in [-0.4, -0.2) is 123 Å². The van der Waals surface area contributed by atoms with Gasteiger partial charge in [0.25, 0.3) is 0 Å². The third kappa shape index (κ3) is 23.6. The fourth-order valence-corrected chi connectivity index (χ4v) is 3.15. The standard InChI is InChI=1S/C22H44N3O13P/c1-31-11-13-34-15-17-36-21(27)24-8-5-4-7-19(25-22(28)37-18-16-35-14-12-32-2)20(26)23-9-6-10-38-39(29,30)33-3/h19H,4-18H2,1-3H3,(H,23,26)(H,24,27)(H,25,28)(H,29,30). The van der Waals surface area contributed by atoms with E-state index in [-0.39, 0.29) is 52.4 Å². The third-order valence-electron chi connectivity index (χ3n) is 4.69. The molecule has 0 bridgehead atoms. The Kier molecular flexibility index (Phi) is 23.7. The number of phosphoric ester groups is 1. The van der Waals surface area contributed by atoms with Crippen molar-refractivity contribution in [1.82, 2.24) is 16.0 Å². The van der Waals surface area contributed by atoms with Gasteiger partial charge >= 0.3 is 20.0 Å². The van der Waals surface area contributed by atoms with E-state index in [0.717, 1.165) is 7.11 Å². The van der Waals surface area contributed by atoms with E-state index in [2.05, 4.69) is 20.5 Å². The number of rotatable bonds is 25. The van der Waals surface area contributed by atoms with Crippen molar-refractivity contribution in [1.29, 1.82) is 0 Å². The molecule has 16 nitrogen and oxygen atoms in total. The van der Waals surface area contributed by atoms with Crippen molar-refractivity contribution in [2.45, 2.75) is 31.7 Å². The third-order valence-corrected chi connectivity index (χ3v) is 5.66. The lowest BCUT2D eigenvalue weighted by Gasteiger charge is -2.18. The van der Waals surface area contributed by atoms with Crippen molar-refractivity contribution in [2.24, 2.45) is 0 Å². The van der Waals surface area contributed by atoms with Crippen LogP contribution in [0.15, 0.2) is 0 Å². The number of amides is 3. The summed E-state index contributed by atoms with van der Waals surface area (Å²) in [6, 6.07) is -0.910. The average Bonchev–Trinajstić information content (AvgIpc) is 2.91. The van der Waals surface area contributed by atoms with Gasteiger partial charge in [0.2, 0.25) is 5.91 Å². The number of ether oxygens (including phenoxy) is 6. The van der Waals surface area contributed by atoms with Crippen LogP contribution in [0.25, 0.3) is 0 Å². The van der Waals surface area contributed by atoms with Crippen molar-refractivity contribution >= 4 is 25.9 Å². The Labute approximate surface area is 229 Å². The summed E-state index contributed by atoms with van der Waals surface area (Å²) in [5.74, 6) is -0.469. The molecule has 0 saturated heterocycles. The molecule has 0 heterocycles. The summed E-state index contributed by atoms with van der Waals surface area (Å²) in [6.45, 7) is 2.48. The highest BCUT2D eigenvalue weighted by Crippen LogP contribution is 2.41. The molecule has 230 valence electrons. The minimum absolute atomic E-state index is 0.00854. The van der Waals surface area contributed by atoms with Gasteiger partial charge in [0.1, 0.15) is 19.3 Å². The van der Waals surface area contributed by atoms with Crippen molar-refractivity contribution < 1.29 is 61.3 Å². The Bertz CT molecular complexity index is 702. The first-order valence-electron chi connectivity index (χ1n) is 12.5. The Morgan fingerprint density at radius 2 is 1.28 bits per heavy atom. The fourth-order valence-electron chi connectivity index (χ4n) is 2.68. The van der Waals surface area contributed by atoms with E-state index in [1.54, 1.807) is 14.2 Å². The number of carbonyl (C=O) groups is 3. The first-order valence-corrected chi connectivity index (χ1v) is 14.0. The van der Waals surface area contributed by atoms with Crippen LogP contribution in [-0.2, 0) is 46.8 Å². The van der Waals surface area contributed by atoms with E-state index in [9.17, 15) is 23.8 Å². The SMILES string of the molecule is COCCOCCOC(=O)NCCCCC(NC(=O)OCCOCCOC)C(=O)NCCCOP(=O)(O)OC. The van der Waals surface area contributed by atoms with Crippen LogP contribution in [0, 0.1) is 0 Å². The first-order chi connectivity index (χ1) is 18.8. The summed E-state index contributed by atoms with van der Waals surface area (Å²) < 4.78 is 50.4. The van der Waals surface area contributed by atoms with Crippen LogP contribution < -0.4 is 16.0 Å². The van der Waals surface area contributed by atoms with E-state index >= 15 is 0 Å². The molecule has 4 N–H and O–H groups in total. The molecule has 2 atom stereocenters. The zero-order valence-electron chi connectivity index (χ0n) is 23.0. The normalized spacial score (nSPS) is 13.2. The zero-order chi connectivity index (χ0) is 29.2. The smallest absolute Gasteiger partial charge is 0.447 e. The van der Waals surface area contributed by atoms with Crippen LogP contribution in [0.2, 0.25) is 0 Å². The molecule has 0 radical (unpaired) electrons. The lowest BCUT2D eigenvalue weighted by atomic mass is 10.1. The van der Waals surface area contributed by atoms with Crippen molar-refractivity contribution in [2.75, 3.05) is 93.9 Å². The summed E-state index contributed by atoms with van der Waals surface area (Å²) in [5, 5.41) is 7.75. The molecule has 39 heavy (non-hydrogen) atoms. The number of hydrogen-bond acceptors (Lipinski definition) is 12. The quantitative estimate of drug-likeness (QED) is 0.0852. The fraction of sp³-hybridized carbons (Fsp3) is 0.864. The maximum atomic E-state index is 12.6. The van der Waals surface area contributed by atoms with Gasteiger partial charge < -0.3 is 49.3 Å². The van der Waals surface area contributed by atoms with Gasteiger partial charge in [-0.15, -0.1) is 0 Å². The van der Waals surface area contributed by atoms with E-state index in [1.807, 2.05) is 0 Å². The summed E-state index contributed by atoms with van der Waals surface area (Å²) in [4.78, 5) is 45.7. The molecule has 0 aliphatic heterocycles. The molecule has 17 heteroatoms. The Hall–Kier alpha value is -2.04. The monoisotopic (exact) mass is 589 g/mol. The van der Waals surface area contributed by atoms with E-state index < -0.39 is 32.0 Å². The molecule has 0 aliphatic carbocycles. The van der Waals surface area contributed by atoms with E-state index in [0.29, 0.717) is 45.8 Å². The Balaban J connectivity index is 4.41. The summed E-state index contributed by atoms with van der Waals surface area (Å²) in [7, 11) is 0.0577. The minimum Gasteiger partial charge on any atom is -0.447 e. The minimum atomic E-state index is -4.09. The number of hydrogen-bond donors (Lipinski definition) is 4. The van der Waals surface area contributed by atoms with Crippen LogP contribution >= 0.6 is 7.82 Å². The average molecular weight is 590 g/mol. The number of alkyl carbamates (subject to hydrolysis) is 2. The van der Waals surface area contributed by atoms with Crippen LogP contribution in [0.4, 0.5) is 9.59 Å². The van der Waals surface area contributed by atoms with E-state index in [4.69, 9.17) is 32.9 Å². The lowest BCUT2D eigenvalue weighted by Crippen LogP contribution is -2.47. The van der Waals surface area contributed by atoms with Gasteiger partial charge in [0.15, 0.2) is 0 Å². The predicted octanol–water partition coefficient (Wildman–Crippen LogP) is 0.573. The molecule has 0 fully saturated rings. The highest BCUT2D eigenvalue weighted by Gasteiger charge is 2.21. The molecule has 2 unspecified atom stereocenters. The van der Waals surface area contributed by atoms with E-state index in [1.165, 1.54) is 0 Å². The van der Waals surface area contributed by atoms with Crippen LogP contribution in [0.3, 0.4) is 0 Å². The second-order valence-electron chi connectivity index (χ2n) is 7.73. The van der Waals surface area contributed by atoms with Crippen LogP contribution in [0.1, 0.15) is 25.7 Å². The lowest BCUT2D eigenvalue weighted by molar-refractivity contribution is -0.123. The topological polar surface area (TPSA) is 198 Å². The number of methoxy groups -OCH3 is 2. The summed E-state index contributed by atoms with van der Waals surface area (Å²) in [5.41, 5.74) is 0. The molecular weight excluding hydrogens is 545 g/mol. The van der Waals surface area contributed by atoms with Gasteiger partial charge in [-0.3, -0.25) is 13.8 Å². The van der Waals surface area contributed by atoms with Gasteiger partial charge in [0, 0.05) is 34.4 Å². The second-order valence-corrected chi connectivity index (χ2v) is 9.29. The summed E-state index contributed by atoms with van der Waals surface area (Å²) in [6.07, 6.45) is 0.134. The van der Waals surface area contributed by atoms with Gasteiger partial charge in [-0.25, -0.2) is 14.2 Å². The number of phosphoric acid groups is 1. The van der Waals surface area contributed by atoms with Gasteiger partial charge in [-0.1, -0.05) is 0 Å². The Morgan fingerprint density at radius 1 is 0.718 bits per heavy atom. The highest BCUT2D eigenvalue weighted by molar-refractivity contribution is 7.47. The summed E-state index contributed by atoms with van der Waals surface area (Å²) >= 11 is 0. The van der Waals surface area contributed by atoms with Crippen molar-refractivity contribution in [3.05, 3.63) is 0 Å². The second kappa shape index (κ2) is 25.0. The molecule has 0 aliphatic rings. The number of carbonyl (C=O) groups excluding carboxylic acids is 3. The largest absolute Gasteiger partial charge is 0.471 e. The van der Waals surface area contributed by atoms with Crippen LogP contribution in [0.5, 0.6) is 0 Å². The van der Waals surface area contributed by atoms with Gasteiger partial charge in [-0.05, 0) is 25.7 Å². The maximum Gasteiger partial charge on any atom is 0.471 e. The zero-order valence-corrected chi connectivity index (χ0v) is 23.9. The molecule has 0 saturated carbocycles. The Morgan fingerprint density at radius 3 is 1.87 bits per heavy atom. The predicted molar refractivity (Wildman–Crippen MR) is 137 cm³/mol. The molecule has 0 aromatic heterocycles. The van der Waals surface area contributed by atoms with Crippen molar-refractivity contribution in [3.8, 4) is 0 Å². The van der Waals surface area contributed by atoms with Crippen molar-refractivity contribution in [3.63, 3.8) is 0 Å². The maximum absolute atomic E-state index is 12.6. The molecule has 0 spiro atoms.